The largest absolute Gasteiger partial charge is 0.493 e. The van der Waals surface area contributed by atoms with E-state index in [1.54, 1.807) is 14.2 Å². The van der Waals surface area contributed by atoms with Gasteiger partial charge in [-0.2, -0.15) is 0 Å². The van der Waals surface area contributed by atoms with Crippen molar-refractivity contribution in [1.29, 1.82) is 5.41 Å². The lowest BCUT2D eigenvalue weighted by molar-refractivity contribution is 0.354. The molecular formula is C15H22NO2. The zero-order valence-electron chi connectivity index (χ0n) is 11.6. The van der Waals surface area contributed by atoms with Crippen molar-refractivity contribution in [2.45, 2.75) is 26.2 Å². The molecule has 0 fully saturated rings. The van der Waals surface area contributed by atoms with Crippen molar-refractivity contribution >= 4 is 5.71 Å². The molecule has 0 aromatic heterocycles. The maximum absolute atomic E-state index is 7.88. The number of rotatable bonds is 6. The molecule has 0 aliphatic carbocycles. The zero-order valence-corrected chi connectivity index (χ0v) is 11.6. The number of methoxy groups -OCH3 is 2. The molecule has 1 rings (SSSR count). The Hall–Kier alpha value is -1.51. The number of hydrogen-bond donors (Lipinski definition) is 1. The Kier molecular flexibility index (Phi) is 5.20. The van der Waals surface area contributed by atoms with Gasteiger partial charge in [0, 0.05) is 5.71 Å². The fourth-order valence-electron chi connectivity index (χ4n) is 1.81. The minimum absolute atomic E-state index is 0.0626. The van der Waals surface area contributed by atoms with Crippen LogP contribution in [-0.4, -0.2) is 19.9 Å². The number of benzene rings is 1. The summed E-state index contributed by atoms with van der Waals surface area (Å²) in [6.07, 6.45) is 0.722. The standard InChI is InChI=1S/C15H22NO2/c1-10(2)13(16)8-11(3)12-6-7-14(17-4)15(9-12)18-5/h6-7,9-11,16H,1,8H2,2-5H3. The first-order valence-corrected chi connectivity index (χ1v) is 6.11. The maximum atomic E-state index is 7.88. The van der Waals surface area contributed by atoms with Crippen molar-refractivity contribution in [3.05, 3.63) is 30.7 Å². The van der Waals surface area contributed by atoms with Crippen LogP contribution in [0, 0.1) is 18.3 Å². The van der Waals surface area contributed by atoms with Crippen LogP contribution in [0.5, 0.6) is 11.5 Å². The van der Waals surface area contributed by atoms with Crippen LogP contribution in [0.4, 0.5) is 0 Å². The quantitative estimate of drug-likeness (QED) is 0.780. The normalized spacial score (nSPS) is 12.3. The monoisotopic (exact) mass is 248 g/mol. The van der Waals surface area contributed by atoms with Crippen LogP contribution in [0.15, 0.2) is 18.2 Å². The van der Waals surface area contributed by atoms with E-state index in [4.69, 9.17) is 14.9 Å². The van der Waals surface area contributed by atoms with Crippen LogP contribution in [-0.2, 0) is 0 Å². The summed E-state index contributed by atoms with van der Waals surface area (Å²) in [4.78, 5) is 0. The summed E-state index contributed by atoms with van der Waals surface area (Å²) in [6.45, 7) is 7.93. The Morgan fingerprint density at radius 3 is 2.33 bits per heavy atom. The molecule has 0 saturated heterocycles. The molecule has 0 spiro atoms. The highest BCUT2D eigenvalue weighted by Crippen LogP contribution is 2.31. The molecule has 0 aliphatic rings. The van der Waals surface area contributed by atoms with Gasteiger partial charge in [-0.3, -0.25) is 0 Å². The van der Waals surface area contributed by atoms with Crippen LogP contribution in [0.3, 0.4) is 0 Å². The molecule has 3 heteroatoms. The minimum Gasteiger partial charge on any atom is -0.493 e. The third-order valence-corrected chi connectivity index (χ3v) is 3.10. The molecule has 0 amide bonds. The summed E-state index contributed by atoms with van der Waals surface area (Å²) in [5.74, 6) is 1.80. The fraction of sp³-hybridized carbons (Fsp3) is 0.467. The Morgan fingerprint density at radius 1 is 1.22 bits per heavy atom. The van der Waals surface area contributed by atoms with Gasteiger partial charge in [-0.15, -0.1) is 0 Å². The van der Waals surface area contributed by atoms with Crippen molar-refractivity contribution in [1.82, 2.24) is 0 Å². The van der Waals surface area contributed by atoms with E-state index in [1.165, 1.54) is 0 Å². The van der Waals surface area contributed by atoms with E-state index in [-0.39, 0.29) is 11.8 Å². The van der Waals surface area contributed by atoms with E-state index >= 15 is 0 Å². The zero-order chi connectivity index (χ0) is 13.7. The molecular weight excluding hydrogens is 226 g/mol. The third kappa shape index (κ3) is 3.49. The van der Waals surface area contributed by atoms with Crippen LogP contribution in [0.25, 0.3) is 0 Å². The minimum atomic E-state index is 0.0626. The molecule has 2 atom stereocenters. The lowest BCUT2D eigenvalue weighted by Gasteiger charge is -2.16. The SMILES string of the molecule is [CH2]C(C)C(=N)CC(C)c1ccc(OC)c(OC)c1. The first kappa shape index (κ1) is 14.6. The first-order valence-electron chi connectivity index (χ1n) is 6.11. The predicted octanol–water partition coefficient (Wildman–Crippen LogP) is 3.69. The predicted molar refractivity (Wildman–Crippen MR) is 74.8 cm³/mol. The Labute approximate surface area is 110 Å². The summed E-state index contributed by atoms with van der Waals surface area (Å²) < 4.78 is 10.5. The van der Waals surface area contributed by atoms with Crippen molar-refractivity contribution in [3.63, 3.8) is 0 Å². The number of nitrogens with one attached hydrogen (secondary N) is 1. The average Bonchev–Trinajstić information content (AvgIpc) is 2.37. The van der Waals surface area contributed by atoms with E-state index in [9.17, 15) is 0 Å². The molecule has 1 N–H and O–H groups in total. The highest BCUT2D eigenvalue weighted by Gasteiger charge is 2.13. The highest BCUT2D eigenvalue weighted by atomic mass is 16.5. The molecule has 1 aromatic carbocycles. The van der Waals surface area contributed by atoms with E-state index in [0.717, 1.165) is 23.5 Å². The second kappa shape index (κ2) is 6.43. The molecule has 1 aromatic rings. The van der Waals surface area contributed by atoms with Crippen molar-refractivity contribution in [2.24, 2.45) is 5.92 Å². The molecule has 0 bridgehead atoms. The molecule has 0 heterocycles. The molecule has 99 valence electrons. The second-order valence-electron chi connectivity index (χ2n) is 4.65. The van der Waals surface area contributed by atoms with Crippen LogP contribution in [0.1, 0.15) is 31.7 Å². The van der Waals surface area contributed by atoms with Gasteiger partial charge in [0.1, 0.15) is 0 Å². The number of hydrogen-bond acceptors (Lipinski definition) is 3. The summed E-state index contributed by atoms with van der Waals surface area (Å²) in [6, 6.07) is 5.90. The Morgan fingerprint density at radius 2 is 1.83 bits per heavy atom. The molecule has 2 unspecified atom stereocenters. The van der Waals surface area contributed by atoms with Gasteiger partial charge < -0.3 is 14.9 Å². The van der Waals surface area contributed by atoms with Gasteiger partial charge in [-0.05, 0) is 42.9 Å². The topological polar surface area (TPSA) is 42.3 Å². The van der Waals surface area contributed by atoms with Gasteiger partial charge in [0.05, 0.1) is 14.2 Å². The van der Waals surface area contributed by atoms with Gasteiger partial charge in [0.15, 0.2) is 11.5 Å². The van der Waals surface area contributed by atoms with Gasteiger partial charge in [0.25, 0.3) is 0 Å². The molecule has 3 nitrogen and oxygen atoms in total. The fourth-order valence-corrected chi connectivity index (χ4v) is 1.81. The highest BCUT2D eigenvalue weighted by molar-refractivity contribution is 5.84. The third-order valence-electron chi connectivity index (χ3n) is 3.10. The van der Waals surface area contributed by atoms with Crippen LogP contribution < -0.4 is 9.47 Å². The molecule has 0 saturated carbocycles. The van der Waals surface area contributed by atoms with E-state index in [1.807, 2.05) is 25.1 Å². The summed E-state index contributed by atoms with van der Waals surface area (Å²) in [5.41, 5.74) is 1.83. The summed E-state index contributed by atoms with van der Waals surface area (Å²) in [7, 11) is 3.26. The summed E-state index contributed by atoms with van der Waals surface area (Å²) in [5, 5.41) is 7.88. The average molecular weight is 248 g/mol. The van der Waals surface area contributed by atoms with Gasteiger partial charge in [-0.1, -0.05) is 19.9 Å². The van der Waals surface area contributed by atoms with Gasteiger partial charge in [-0.25, -0.2) is 0 Å². The van der Waals surface area contributed by atoms with Crippen molar-refractivity contribution in [2.75, 3.05) is 14.2 Å². The molecule has 18 heavy (non-hydrogen) atoms. The number of ether oxygens (including phenoxy) is 2. The van der Waals surface area contributed by atoms with Gasteiger partial charge >= 0.3 is 0 Å². The van der Waals surface area contributed by atoms with Gasteiger partial charge in [0.2, 0.25) is 0 Å². The van der Waals surface area contributed by atoms with Crippen LogP contribution in [0.2, 0.25) is 0 Å². The lowest BCUT2D eigenvalue weighted by Crippen LogP contribution is -2.10. The smallest absolute Gasteiger partial charge is 0.160 e. The van der Waals surface area contributed by atoms with E-state index < -0.39 is 0 Å². The first-order chi connectivity index (χ1) is 8.49. The second-order valence-corrected chi connectivity index (χ2v) is 4.65. The molecule has 0 aliphatic heterocycles. The summed E-state index contributed by atoms with van der Waals surface area (Å²) >= 11 is 0. The van der Waals surface area contributed by atoms with Crippen molar-refractivity contribution < 1.29 is 9.47 Å². The van der Waals surface area contributed by atoms with Crippen molar-refractivity contribution in [3.8, 4) is 11.5 Å². The Bertz CT molecular complexity index is 413. The van der Waals surface area contributed by atoms with E-state index in [2.05, 4.69) is 13.8 Å². The van der Waals surface area contributed by atoms with E-state index in [0.29, 0.717) is 5.71 Å². The lowest BCUT2D eigenvalue weighted by atomic mass is 9.91. The van der Waals surface area contributed by atoms with Crippen LogP contribution >= 0.6 is 0 Å². The Balaban J connectivity index is 2.86. The molecule has 1 radical (unpaired) electrons. The maximum Gasteiger partial charge on any atom is 0.160 e.